The fourth-order valence-electron chi connectivity index (χ4n) is 9.09. The van der Waals surface area contributed by atoms with Gasteiger partial charge in [-0.1, -0.05) is 133 Å². The Morgan fingerprint density at radius 2 is 0.533 bits per heavy atom. The summed E-state index contributed by atoms with van der Waals surface area (Å²) in [5, 5.41) is 5.09. The minimum Gasteiger partial charge on any atom is -0.344 e. The molecule has 0 aliphatic rings. The predicted octanol–water partition coefficient (Wildman–Crippen LogP) is 15.2. The molecule has 0 saturated carbocycles. The van der Waals surface area contributed by atoms with Gasteiger partial charge in [-0.05, 0) is 107 Å². The van der Waals surface area contributed by atoms with Gasteiger partial charge in [-0.2, -0.15) is 0 Å². The van der Waals surface area contributed by atoms with Gasteiger partial charge in [-0.3, -0.25) is 0 Å². The van der Waals surface area contributed by atoms with Crippen molar-refractivity contribution >= 4 is 77.7 Å². The molecule has 11 rings (SSSR count). The second kappa shape index (κ2) is 14.5. The van der Waals surface area contributed by atoms with Crippen molar-refractivity contribution in [1.82, 2.24) is 9.13 Å². The Balaban J connectivity index is 0.878. The summed E-state index contributed by atoms with van der Waals surface area (Å²) in [6.07, 6.45) is 0. The zero-order chi connectivity index (χ0) is 40.2. The monoisotopic (exact) mass is 770 g/mol. The molecule has 9 aromatic carbocycles. The van der Waals surface area contributed by atoms with Crippen LogP contribution in [0.4, 0.5) is 34.1 Å². The number of benzene rings is 9. The van der Waals surface area contributed by atoms with E-state index in [1.165, 1.54) is 65.9 Å². The Morgan fingerprint density at radius 3 is 0.917 bits per heavy atom. The predicted molar refractivity (Wildman–Crippen MR) is 255 cm³/mol. The Labute approximate surface area is 350 Å². The molecule has 0 amide bonds. The van der Waals surface area contributed by atoms with Gasteiger partial charge in [0.25, 0.3) is 0 Å². The Hall–Kier alpha value is -7.82. The first-order valence-corrected chi connectivity index (χ1v) is 20.5. The Bertz CT molecular complexity index is 3080. The zero-order valence-corrected chi connectivity index (χ0v) is 33.6. The molecule has 0 N–H and O–H groups in total. The highest BCUT2D eigenvalue weighted by Gasteiger charge is 2.18. The van der Waals surface area contributed by atoms with Crippen LogP contribution in [0, 0.1) is 0 Å². The van der Waals surface area contributed by atoms with Crippen molar-refractivity contribution in [1.29, 1.82) is 0 Å². The standard InChI is InChI=1S/C56H42N4/c1-57-53-19-11-9-17-49(53)51-35-33-47(37-55(51)57)59(43-13-5-3-6-14-43)45-29-25-41(26-30-45)39-21-23-40(24-22-39)42-27-31-46(32-28-42)60(44-15-7-4-8-16-44)48-34-36-52-50-18-10-12-20-54(50)58(2)56(52)38-48/h3-38H,1-2H3. The van der Waals surface area contributed by atoms with Gasteiger partial charge in [0.1, 0.15) is 0 Å². The molecule has 0 unspecified atom stereocenters. The summed E-state index contributed by atoms with van der Waals surface area (Å²) in [5.74, 6) is 0. The number of nitrogens with zero attached hydrogens (tertiary/aromatic N) is 4. The molecule has 0 atom stereocenters. The molecule has 4 nitrogen and oxygen atoms in total. The number of hydrogen-bond acceptors (Lipinski definition) is 2. The SMILES string of the molecule is Cn1c2ccccc2c2ccc(N(c3ccccc3)c3ccc(-c4ccc(-c5ccc(N(c6ccccc6)c6ccc7c8ccccc8n(C)c7c6)cc5)cc4)cc3)cc21. The zero-order valence-electron chi connectivity index (χ0n) is 33.6. The highest BCUT2D eigenvalue weighted by atomic mass is 15.1. The van der Waals surface area contributed by atoms with Crippen molar-refractivity contribution in [2.75, 3.05) is 9.80 Å². The van der Waals surface area contributed by atoms with E-state index in [0.29, 0.717) is 0 Å². The highest BCUT2D eigenvalue weighted by Crippen LogP contribution is 2.41. The van der Waals surface area contributed by atoms with Crippen LogP contribution in [0.1, 0.15) is 0 Å². The van der Waals surface area contributed by atoms with Gasteiger partial charge in [0.2, 0.25) is 0 Å². The van der Waals surface area contributed by atoms with E-state index >= 15 is 0 Å². The van der Waals surface area contributed by atoms with Crippen LogP contribution >= 0.6 is 0 Å². The van der Waals surface area contributed by atoms with Gasteiger partial charge < -0.3 is 18.9 Å². The van der Waals surface area contributed by atoms with Gasteiger partial charge in [-0.25, -0.2) is 0 Å². The van der Waals surface area contributed by atoms with Crippen molar-refractivity contribution in [3.05, 3.63) is 218 Å². The van der Waals surface area contributed by atoms with Crippen molar-refractivity contribution in [2.24, 2.45) is 14.1 Å². The van der Waals surface area contributed by atoms with E-state index in [1.807, 2.05) is 0 Å². The first kappa shape index (κ1) is 35.4. The highest BCUT2D eigenvalue weighted by molar-refractivity contribution is 6.10. The van der Waals surface area contributed by atoms with Gasteiger partial charge in [-0.15, -0.1) is 0 Å². The van der Waals surface area contributed by atoms with Crippen LogP contribution < -0.4 is 9.80 Å². The van der Waals surface area contributed by atoms with Crippen LogP contribution in [-0.2, 0) is 14.1 Å². The van der Waals surface area contributed by atoms with E-state index in [9.17, 15) is 0 Å². The van der Waals surface area contributed by atoms with Crippen molar-refractivity contribution in [3.63, 3.8) is 0 Å². The lowest BCUT2D eigenvalue weighted by atomic mass is 9.99. The first-order chi connectivity index (χ1) is 29.6. The van der Waals surface area contributed by atoms with E-state index in [2.05, 4.69) is 251 Å². The molecule has 0 aliphatic carbocycles. The summed E-state index contributed by atoms with van der Waals surface area (Å²) in [7, 11) is 4.31. The maximum absolute atomic E-state index is 2.34. The molecular formula is C56H42N4. The quantitative estimate of drug-likeness (QED) is 0.153. The number of fused-ring (bicyclic) bond motifs is 6. The fraction of sp³-hybridized carbons (Fsp3) is 0.0357. The van der Waals surface area contributed by atoms with Crippen LogP contribution in [0.15, 0.2) is 218 Å². The number of aromatic nitrogens is 2. The summed E-state index contributed by atoms with van der Waals surface area (Å²) < 4.78 is 4.59. The molecule has 2 heterocycles. The lowest BCUT2D eigenvalue weighted by Crippen LogP contribution is -2.09. The van der Waals surface area contributed by atoms with Crippen LogP contribution in [0.2, 0.25) is 0 Å². The molecule has 2 aromatic heterocycles. The van der Waals surface area contributed by atoms with Gasteiger partial charge >= 0.3 is 0 Å². The molecule has 0 saturated heterocycles. The average molecular weight is 771 g/mol. The van der Waals surface area contributed by atoms with Crippen LogP contribution in [0.25, 0.3) is 65.9 Å². The smallest absolute Gasteiger partial charge is 0.0509 e. The van der Waals surface area contributed by atoms with E-state index in [4.69, 9.17) is 0 Å². The molecule has 0 radical (unpaired) electrons. The molecular weight excluding hydrogens is 729 g/mol. The number of hydrogen-bond donors (Lipinski definition) is 0. The number of aryl methyl sites for hydroxylation is 2. The van der Waals surface area contributed by atoms with E-state index in [-0.39, 0.29) is 0 Å². The molecule has 60 heavy (non-hydrogen) atoms. The van der Waals surface area contributed by atoms with Crippen LogP contribution in [0.5, 0.6) is 0 Å². The lowest BCUT2D eigenvalue weighted by Gasteiger charge is -2.26. The summed E-state index contributed by atoms with van der Waals surface area (Å²) in [4.78, 5) is 4.68. The molecule has 4 heteroatoms. The van der Waals surface area contributed by atoms with E-state index < -0.39 is 0 Å². The normalized spacial score (nSPS) is 11.5. The first-order valence-electron chi connectivity index (χ1n) is 20.5. The molecule has 0 bridgehead atoms. The molecule has 11 aromatic rings. The Morgan fingerprint density at radius 1 is 0.250 bits per heavy atom. The summed E-state index contributed by atoms with van der Waals surface area (Å²) >= 11 is 0. The minimum atomic E-state index is 1.11. The van der Waals surface area contributed by atoms with Crippen molar-refractivity contribution in [3.8, 4) is 22.3 Å². The lowest BCUT2D eigenvalue weighted by molar-refractivity contribution is 1.01. The second-order valence-corrected chi connectivity index (χ2v) is 15.6. The van der Waals surface area contributed by atoms with Crippen LogP contribution in [0.3, 0.4) is 0 Å². The third kappa shape index (κ3) is 6.00. The van der Waals surface area contributed by atoms with E-state index in [0.717, 1.165) is 34.1 Å². The van der Waals surface area contributed by atoms with Crippen LogP contribution in [-0.4, -0.2) is 9.13 Å². The summed E-state index contributed by atoms with van der Waals surface area (Å²) in [6.45, 7) is 0. The molecule has 0 aliphatic heterocycles. The van der Waals surface area contributed by atoms with Gasteiger partial charge in [0.15, 0.2) is 0 Å². The topological polar surface area (TPSA) is 16.3 Å². The summed E-state index contributed by atoms with van der Waals surface area (Å²) in [6, 6.07) is 79.0. The van der Waals surface area contributed by atoms with Crippen molar-refractivity contribution < 1.29 is 0 Å². The van der Waals surface area contributed by atoms with Gasteiger partial charge in [0.05, 0.1) is 11.0 Å². The number of para-hydroxylation sites is 4. The molecule has 286 valence electrons. The maximum Gasteiger partial charge on any atom is 0.0509 e. The number of anilines is 6. The maximum atomic E-state index is 2.34. The number of rotatable bonds is 8. The Kier molecular flexibility index (Phi) is 8.56. The van der Waals surface area contributed by atoms with Crippen molar-refractivity contribution in [2.45, 2.75) is 0 Å². The molecule has 0 fully saturated rings. The minimum absolute atomic E-state index is 1.11. The summed E-state index contributed by atoms with van der Waals surface area (Å²) in [5.41, 5.74) is 16.4. The third-order valence-electron chi connectivity index (χ3n) is 12.1. The second-order valence-electron chi connectivity index (χ2n) is 15.6. The molecule has 0 spiro atoms. The van der Waals surface area contributed by atoms with E-state index in [1.54, 1.807) is 0 Å². The van der Waals surface area contributed by atoms with Gasteiger partial charge in [0, 0.05) is 80.8 Å². The third-order valence-corrected chi connectivity index (χ3v) is 12.1. The largest absolute Gasteiger partial charge is 0.344 e. The average Bonchev–Trinajstić information content (AvgIpc) is 3.77. The fourth-order valence-corrected chi connectivity index (χ4v) is 9.09.